The van der Waals surface area contributed by atoms with Crippen molar-refractivity contribution in [3.8, 4) is 0 Å². The molecule has 13 heavy (non-hydrogen) atoms. The Morgan fingerprint density at radius 2 is 2.23 bits per heavy atom. The molecule has 0 aliphatic rings. The van der Waals surface area contributed by atoms with Gasteiger partial charge in [0.05, 0.1) is 10.6 Å². The van der Waals surface area contributed by atoms with E-state index in [1.54, 1.807) is 12.3 Å². The van der Waals surface area contributed by atoms with E-state index in [2.05, 4.69) is 21.8 Å². The van der Waals surface area contributed by atoms with E-state index >= 15 is 0 Å². The quantitative estimate of drug-likeness (QED) is 0.525. The van der Waals surface area contributed by atoms with Crippen molar-refractivity contribution >= 4 is 12.7 Å². The molecule has 0 aliphatic heterocycles. The molecule has 0 saturated carbocycles. The summed E-state index contributed by atoms with van der Waals surface area (Å²) in [5, 5.41) is 6.27. The van der Waals surface area contributed by atoms with Gasteiger partial charge in [0.15, 0.2) is 0 Å². The average Bonchev–Trinajstić information content (AvgIpc) is 2.70. The zero-order valence-electron chi connectivity index (χ0n) is 6.92. The van der Waals surface area contributed by atoms with Crippen LogP contribution in [0.2, 0.25) is 0 Å². The fraction of sp³-hybridized carbons (Fsp3) is 0. The van der Waals surface area contributed by atoms with Crippen LogP contribution in [0.4, 0.5) is 0 Å². The summed E-state index contributed by atoms with van der Waals surface area (Å²) < 4.78 is 0. The van der Waals surface area contributed by atoms with Gasteiger partial charge in [0.2, 0.25) is 0 Å². The smallest absolute Gasteiger partial charge is 0.271 e. The minimum atomic E-state index is -0.153. The molecule has 4 heteroatoms. The van der Waals surface area contributed by atoms with Crippen molar-refractivity contribution in [2.24, 2.45) is 0 Å². The molecule has 2 rings (SSSR count). The van der Waals surface area contributed by atoms with Crippen molar-refractivity contribution in [2.45, 2.75) is 0 Å². The third-order valence-electron chi connectivity index (χ3n) is 1.82. The first kappa shape index (κ1) is 7.67. The maximum absolute atomic E-state index is 11.2. The van der Waals surface area contributed by atoms with Gasteiger partial charge in [0, 0.05) is 11.9 Å². The molecule has 0 radical (unpaired) electrons. The van der Waals surface area contributed by atoms with Crippen LogP contribution in [-0.2, 0) is 0 Å². The Hall–Kier alpha value is -1.97. The molecule has 4 nitrogen and oxygen atoms in total. The van der Waals surface area contributed by atoms with E-state index in [0.29, 0.717) is 10.6 Å². The van der Waals surface area contributed by atoms with Crippen molar-refractivity contribution in [1.82, 2.24) is 15.2 Å². The highest BCUT2D eigenvalue weighted by molar-refractivity contribution is 5.44. The van der Waals surface area contributed by atoms with E-state index in [-0.39, 0.29) is 5.56 Å². The van der Waals surface area contributed by atoms with Crippen LogP contribution >= 0.6 is 0 Å². The van der Waals surface area contributed by atoms with Gasteiger partial charge in [-0.2, -0.15) is 0 Å². The molecule has 0 atom stereocenters. The normalized spacial score (nSPS) is 12.2. The topological polar surface area (TPSA) is 64.4 Å². The van der Waals surface area contributed by atoms with Crippen LogP contribution in [-0.4, -0.2) is 15.2 Å². The molecular formula is C9H9N3O. The van der Waals surface area contributed by atoms with E-state index in [0.717, 1.165) is 5.69 Å². The van der Waals surface area contributed by atoms with Gasteiger partial charge in [0.25, 0.3) is 5.56 Å². The summed E-state index contributed by atoms with van der Waals surface area (Å²) in [6, 6.07) is 3.75. The molecule has 2 aromatic rings. The summed E-state index contributed by atoms with van der Waals surface area (Å²) in [5.41, 5.74) is 0.731. The lowest BCUT2D eigenvalue weighted by Crippen LogP contribution is -2.32. The Morgan fingerprint density at radius 3 is 2.77 bits per heavy atom. The lowest BCUT2D eigenvalue weighted by atomic mass is 10.3. The van der Waals surface area contributed by atoms with Gasteiger partial charge in [-0.05, 0) is 18.2 Å². The summed E-state index contributed by atoms with van der Waals surface area (Å²) in [7, 11) is 0. The molecule has 0 bridgehead atoms. The van der Waals surface area contributed by atoms with Crippen LogP contribution in [0.15, 0.2) is 23.1 Å². The lowest BCUT2D eigenvalue weighted by Gasteiger charge is -1.80. The predicted molar refractivity (Wildman–Crippen MR) is 50.5 cm³/mol. The minimum absolute atomic E-state index is 0.153. The highest BCUT2D eigenvalue weighted by Crippen LogP contribution is 1.92. The Morgan fingerprint density at radius 1 is 1.38 bits per heavy atom. The molecule has 2 aromatic heterocycles. The zero-order valence-corrected chi connectivity index (χ0v) is 6.92. The van der Waals surface area contributed by atoms with Crippen LogP contribution in [0.25, 0.3) is 12.7 Å². The fourth-order valence-corrected chi connectivity index (χ4v) is 1.15. The molecule has 66 valence electrons. The van der Waals surface area contributed by atoms with Gasteiger partial charge in [-0.15, -0.1) is 0 Å². The Bertz CT molecular complexity index is 514. The van der Waals surface area contributed by atoms with E-state index in [4.69, 9.17) is 0 Å². The predicted octanol–water partition coefficient (Wildman–Crippen LogP) is -0.730. The molecule has 0 unspecified atom stereocenters. The second-order valence-corrected chi connectivity index (χ2v) is 2.74. The minimum Gasteiger partial charge on any atom is -0.362 e. The Balaban J connectivity index is 2.71. The molecule has 0 fully saturated rings. The van der Waals surface area contributed by atoms with Gasteiger partial charge in [0.1, 0.15) is 0 Å². The van der Waals surface area contributed by atoms with Crippen LogP contribution in [0.5, 0.6) is 0 Å². The first-order chi connectivity index (χ1) is 6.27. The molecule has 3 N–H and O–H groups in total. The lowest BCUT2D eigenvalue weighted by molar-refractivity contribution is 1.04. The van der Waals surface area contributed by atoms with Crippen LogP contribution in [0.3, 0.4) is 0 Å². The van der Waals surface area contributed by atoms with Crippen molar-refractivity contribution < 1.29 is 0 Å². The maximum atomic E-state index is 11.2. The van der Waals surface area contributed by atoms with E-state index in [1.165, 1.54) is 0 Å². The van der Waals surface area contributed by atoms with E-state index in [1.807, 2.05) is 12.1 Å². The van der Waals surface area contributed by atoms with Gasteiger partial charge in [-0.1, -0.05) is 6.58 Å². The molecule has 2 heterocycles. The SMILES string of the molecule is C=c1[nH][nH]c(=O)c1=Cc1ccc[nH]1. The second kappa shape index (κ2) is 2.82. The summed E-state index contributed by atoms with van der Waals surface area (Å²) >= 11 is 0. The maximum Gasteiger partial charge on any atom is 0.271 e. The fourth-order valence-electron chi connectivity index (χ4n) is 1.15. The number of H-pyrrole nitrogens is 3. The highest BCUT2D eigenvalue weighted by Gasteiger charge is 1.92. The standard InChI is InChI=1S/C9H9N3O/c1-6-8(9(13)12-11-6)5-7-3-2-4-10-7/h2-5,10-11H,1H2,(H,12,13). The zero-order chi connectivity index (χ0) is 9.26. The summed E-state index contributed by atoms with van der Waals surface area (Å²) in [5.74, 6) is 0. The largest absolute Gasteiger partial charge is 0.362 e. The number of nitrogens with one attached hydrogen (secondary N) is 3. The van der Waals surface area contributed by atoms with Crippen molar-refractivity contribution in [3.63, 3.8) is 0 Å². The van der Waals surface area contributed by atoms with Crippen molar-refractivity contribution in [2.75, 3.05) is 0 Å². The molecule has 0 spiro atoms. The van der Waals surface area contributed by atoms with E-state index in [9.17, 15) is 4.79 Å². The molecule has 0 saturated heterocycles. The summed E-state index contributed by atoms with van der Waals surface area (Å²) in [6.45, 7) is 3.69. The Kier molecular flexibility index (Phi) is 1.66. The number of aromatic amines is 3. The number of hydrogen-bond donors (Lipinski definition) is 3. The van der Waals surface area contributed by atoms with Gasteiger partial charge >= 0.3 is 0 Å². The van der Waals surface area contributed by atoms with Crippen molar-refractivity contribution in [3.05, 3.63) is 44.9 Å². The molecule has 0 amide bonds. The first-order valence-corrected chi connectivity index (χ1v) is 3.88. The van der Waals surface area contributed by atoms with E-state index < -0.39 is 0 Å². The Labute approximate surface area is 73.6 Å². The molecule has 0 aromatic carbocycles. The average molecular weight is 175 g/mol. The number of hydrogen-bond acceptors (Lipinski definition) is 1. The van der Waals surface area contributed by atoms with Crippen molar-refractivity contribution in [1.29, 1.82) is 0 Å². The molecular weight excluding hydrogens is 166 g/mol. The third-order valence-corrected chi connectivity index (χ3v) is 1.82. The van der Waals surface area contributed by atoms with Gasteiger partial charge in [-0.25, -0.2) is 0 Å². The van der Waals surface area contributed by atoms with Crippen LogP contribution in [0, 0.1) is 0 Å². The highest BCUT2D eigenvalue weighted by atomic mass is 16.1. The summed E-state index contributed by atoms with van der Waals surface area (Å²) in [4.78, 5) is 14.2. The summed E-state index contributed by atoms with van der Waals surface area (Å²) in [6.07, 6.45) is 3.55. The third kappa shape index (κ3) is 1.33. The first-order valence-electron chi connectivity index (χ1n) is 3.88. The monoisotopic (exact) mass is 175 g/mol. The van der Waals surface area contributed by atoms with Crippen LogP contribution < -0.4 is 16.1 Å². The second-order valence-electron chi connectivity index (χ2n) is 2.74. The van der Waals surface area contributed by atoms with Gasteiger partial charge in [-0.3, -0.25) is 15.0 Å². The molecule has 0 aliphatic carbocycles. The number of aromatic nitrogens is 3. The van der Waals surface area contributed by atoms with Crippen LogP contribution in [0.1, 0.15) is 5.69 Å². The van der Waals surface area contributed by atoms with Gasteiger partial charge < -0.3 is 4.98 Å². The number of rotatable bonds is 1.